The van der Waals surface area contributed by atoms with Crippen molar-refractivity contribution in [1.29, 1.82) is 0 Å². The van der Waals surface area contributed by atoms with Crippen LogP contribution in [-0.4, -0.2) is 25.0 Å². The van der Waals surface area contributed by atoms with Crippen LogP contribution < -0.4 is 21.9 Å². The molecule has 0 fully saturated rings. The first-order chi connectivity index (χ1) is 11.9. The Hall–Kier alpha value is -3.36. The van der Waals surface area contributed by atoms with E-state index in [2.05, 4.69) is 20.6 Å². The van der Waals surface area contributed by atoms with Crippen LogP contribution in [0.1, 0.15) is 27.9 Å². The molecule has 9 nitrogen and oxygen atoms in total. The molecule has 0 radical (unpaired) electrons. The molecule has 4 rings (SSSR count). The first-order valence-corrected chi connectivity index (χ1v) is 7.70. The van der Waals surface area contributed by atoms with Gasteiger partial charge in [-0.3, -0.25) is 19.1 Å². The van der Waals surface area contributed by atoms with Gasteiger partial charge < -0.3 is 15.2 Å². The topological polar surface area (TPSA) is 114 Å². The van der Waals surface area contributed by atoms with Crippen LogP contribution in [0.3, 0.4) is 0 Å². The molecule has 3 aromatic rings. The maximum absolute atomic E-state index is 12.4. The highest BCUT2D eigenvalue weighted by atomic mass is 16.2. The van der Waals surface area contributed by atoms with Crippen molar-refractivity contribution in [2.45, 2.75) is 13.1 Å². The number of H-pyrrole nitrogens is 1. The van der Waals surface area contributed by atoms with E-state index in [0.717, 1.165) is 5.56 Å². The number of rotatable bonds is 1. The highest BCUT2D eigenvalue weighted by Crippen LogP contribution is 2.27. The van der Waals surface area contributed by atoms with E-state index < -0.39 is 17.4 Å². The van der Waals surface area contributed by atoms with E-state index in [1.165, 1.54) is 11.6 Å². The largest absolute Gasteiger partial charge is 0.358 e. The molecule has 0 aliphatic carbocycles. The summed E-state index contributed by atoms with van der Waals surface area (Å²) in [6.45, 7) is 1.94. The minimum absolute atomic E-state index is 0.228. The minimum atomic E-state index is -0.617. The summed E-state index contributed by atoms with van der Waals surface area (Å²) in [7, 11) is 3.20. The van der Waals surface area contributed by atoms with Crippen LogP contribution in [0.2, 0.25) is 0 Å². The Labute approximate surface area is 141 Å². The molecule has 9 heteroatoms. The maximum atomic E-state index is 12.4. The first-order valence-electron chi connectivity index (χ1n) is 7.70. The smallest absolute Gasteiger partial charge is 0.329 e. The van der Waals surface area contributed by atoms with Gasteiger partial charge in [-0.05, 0) is 24.6 Å². The van der Waals surface area contributed by atoms with E-state index in [1.54, 1.807) is 17.7 Å². The average Bonchev–Trinajstić information content (AvgIpc) is 2.90. The number of hydrogen-bond acceptors (Lipinski definition) is 5. The van der Waals surface area contributed by atoms with Crippen LogP contribution in [0.15, 0.2) is 27.8 Å². The molecule has 1 aliphatic heterocycles. The standard InChI is InChI=1S/C16H16N6O3/c1-7-4-5-8-9(6-7)17-11(18-14(8)23)13-19-12-10(21(13)2)15(24)20-16(25)22(12)3/h4-6,11,17H,1-3H3,(H,18,23)(H,20,24,25). The van der Waals surface area contributed by atoms with Gasteiger partial charge >= 0.3 is 5.69 Å². The Morgan fingerprint density at radius 3 is 2.60 bits per heavy atom. The monoisotopic (exact) mass is 340 g/mol. The number of nitrogens with zero attached hydrogens (tertiary/aromatic N) is 3. The highest BCUT2D eigenvalue weighted by molar-refractivity contribution is 6.01. The highest BCUT2D eigenvalue weighted by Gasteiger charge is 2.29. The van der Waals surface area contributed by atoms with Gasteiger partial charge in [0.2, 0.25) is 0 Å². The lowest BCUT2D eigenvalue weighted by Crippen LogP contribution is -2.39. The summed E-state index contributed by atoms with van der Waals surface area (Å²) >= 11 is 0. The second-order valence-electron chi connectivity index (χ2n) is 6.12. The van der Waals surface area contributed by atoms with Crippen molar-refractivity contribution in [3.8, 4) is 0 Å². The van der Waals surface area contributed by atoms with E-state index in [-0.39, 0.29) is 17.1 Å². The number of hydrogen-bond donors (Lipinski definition) is 3. The number of carbonyl (C=O) groups is 1. The lowest BCUT2D eigenvalue weighted by atomic mass is 10.1. The Morgan fingerprint density at radius 1 is 1.08 bits per heavy atom. The third kappa shape index (κ3) is 2.16. The molecule has 3 N–H and O–H groups in total. The number of imidazole rings is 1. The van der Waals surface area contributed by atoms with Gasteiger partial charge in [0.1, 0.15) is 0 Å². The quantitative estimate of drug-likeness (QED) is 0.582. The summed E-state index contributed by atoms with van der Waals surface area (Å²) in [5.41, 5.74) is 1.74. The third-order valence-electron chi connectivity index (χ3n) is 4.42. The Kier molecular flexibility index (Phi) is 3.08. The summed E-state index contributed by atoms with van der Waals surface area (Å²) in [6.07, 6.45) is -0.617. The fraction of sp³-hybridized carbons (Fsp3) is 0.250. The maximum Gasteiger partial charge on any atom is 0.329 e. The summed E-state index contributed by atoms with van der Waals surface area (Å²) in [6, 6.07) is 5.50. The van der Waals surface area contributed by atoms with Crippen molar-refractivity contribution in [2.75, 3.05) is 5.32 Å². The zero-order valence-electron chi connectivity index (χ0n) is 13.9. The third-order valence-corrected chi connectivity index (χ3v) is 4.42. The summed E-state index contributed by atoms with van der Waals surface area (Å²) < 4.78 is 2.84. The van der Waals surface area contributed by atoms with Crippen LogP contribution >= 0.6 is 0 Å². The molecule has 1 aromatic carbocycles. The zero-order chi connectivity index (χ0) is 17.9. The van der Waals surface area contributed by atoms with Crippen LogP contribution in [0.4, 0.5) is 5.69 Å². The normalized spacial score (nSPS) is 16.4. The van der Waals surface area contributed by atoms with E-state index in [4.69, 9.17) is 0 Å². The zero-order valence-corrected chi connectivity index (χ0v) is 13.9. The molecule has 1 unspecified atom stereocenters. The van der Waals surface area contributed by atoms with E-state index in [0.29, 0.717) is 17.1 Å². The molecule has 0 saturated heterocycles. The van der Waals surface area contributed by atoms with Gasteiger partial charge in [-0.15, -0.1) is 0 Å². The van der Waals surface area contributed by atoms with Gasteiger partial charge in [-0.1, -0.05) is 6.07 Å². The van der Waals surface area contributed by atoms with Crippen LogP contribution in [0.25, 0.3) is 11.2 Å². The SMILES string of the molecule is Cc1ccc2c(c1)NC(c1nc3c(c(=O)[nH]c(=O)n3C)n1C)NC2=O. The summed E-state index contributed by atoms with van der Waals surface area (Å²) in [5, 5.41) is 6.06. The Morgan fingerprint density at radius 2 is 1.84 bits per heavy atom. The molecular weight excluding hydrogens is 324 g/mol. The summed E-state index contributed by atoms with van der Waals surface area (Å²) in [5.74, 6) is 0.204. The van der Waals surface area contributed by atoms with Crippen molar-refractivity contribution in [3.05, 3.63) is 56.0 Å². The van der Waals surface area contributed by atoms with Crippen LogP contribution in [0.5, 0.6) is 0 Å². The number of anilines is 1. The molecule has 128 valence electrons. The predicted octanol–water partition coefficient (Wildman–Crippen LogP) is 0.123. The van der Waals surface area contributed by atoms with Gasteiger partial charge in [0.05, 0.1) is 5.56 Å². The van der Waals surface area contributed by atoms with Crippen molar-refractivity contribution in [3.63, 3.8) is 0 Å². The molecule has 25 heavy (non-hydrogen) atoms. The van der Waals surface area contributed by atoms with Gasteiger partial charge in [0, 0.05) is 19.8 Å². The number of nitrogens with one attached hydrogen (secondary N) is 3. The second-order valence-corrected chi connectivity index (χ2v) is 6.12. The van der Waals surface area contributed by atoms with Gasteiger partial charge in [0.25, 0.3) is 11.5 Å². The molecule has 1 aliphatic rings. The van der Waals surface area contributed by atoms with Gasteiger partial charge in [0.15, 0.2) is 23.2 Å². The second kappa shape index (κ2) is 5.07. The Bertz CT molecular complexity index is 1150. The number of carbonyl (C=O) groups excluding carboxylic acids is 1. The molecule has 0 spiro atoms. The molecule has 0 saturated carbocycles. The number of fused-ring (bicyclic) bond motifs is 2. The molecular formula is C16H16N6O3. The van der Waals surface area contributed by atoms with Crippen molar-refractivity contribution >= 4 is 22.8 Å². The van der Waals surface area contributed by atoms with Crippen LogP contribution in [-0.2, 0) is 14.1 Å². The van der Waals surface area contributed by atoms with E-state index in [1.807, 2.05) is 19.1 Å². The minimum Gasteiger partial charge on any atom is -0.358 e. The van der Waals surface area contributed by atoms with Crippen molar-refractivity contribution < 1.29 is 4.79 Å². The lowest BCUT2D eigenvalue weighted by molar-refractivity contribution is 0.0933. The lowest BCUT2D eigenvalue weighted by Gasteiger charge is -2.27. The fourth-order valence-corrected chi connectivity index (χ4v) is 3.09. The molecule has 1 atom stereocenters. The Balaban J connectivity index is 1.89. The van der Waals surface area contributed by atoms with Gasteiger partial charge in [-0.2, -0.15) is 0 Å². The molecule has 3 heterocycles. The number of aryl methyl sites for hydroxylation is 3. The predicted molar refractivity (Wildman–Crippen MR) is 91.6 cm³/mol. The number of amides is 1. The molecule has 2 aromatic heterocycles. The summed E-state index contributed by atoms with van der Waals surface area (Å²) in [4.78, 5) is 43.0. The van der Waals surface area contributed by atoms with Gasteiger partial charge in [-0.25, -0.2) is 9.78 Å². The van der Waals surface area contributed by atoms with E-state index in [9.17, 15) is 14.4 Å². The average molecular weight is 340 g/mol. The number of aromatic nitrogens is 4. The number of benzene rings is 1. The fourth-order valence-electron chi connectivity index (χ4n) is 3.09. The first kappa shape index (κ1) is 15.2. The molecule has 1 amide bonds. The molecule has 0 bridgehead atoms. The van der Waals surface area contributed by atoms with E-state index >= 15 is 0 Å². The number of aromatic amines is 1. The van der Waals surface area contributed by atoms with Crippen LogP contribution in [0, 0.1) is 6.92 Å². The van der Waals surface area contributed by atoms with Crippen molar-refractivity contribution in [1.82, 2.24) is 24.4 Å². The van der Waals surface area contributed by atoms with Crippen molar-refractivity contribution in [2.24, 2.45) is 14.1 Å².